The molecule has 0 unspecified atom stereocenters. The van der Waals surface area contributed by atoms with Crippen LogP contribution in [0.25, 0.3) is 0 Å². The Hall–Kier alpha value is -2.33. The molecule has 2 amide bonds. The van der Waals surface area contributed by atoms with Crippen molar-refractivity contribution in [3.8, 4) is 11.8 Å². The van der Waals surface area contributed by atoms with Gasteiger partial charge in [0.15, 0.2) is 0 Å². The first-order valence-corrected chi connectivity index (χ1v) is 12.5. The van der Waals surface area contributed by atoms with Gasteiger partial charge >= 0.3 is 5.97 Å². The number of rotatable bonds is 6. The zero-order valence-electron chi connectivity index (χ0n) is 21.2. The molecule has 1 heterocycles. The van der Waals surface area contributed by atoms with Gasteiger partial charge in [-0.25, -0.2) is 4.79 Å². The van der Waals surface area contributed by atoms with Crippen LogP contribution in [0.2, 0.25) is 0 Å². The lowest BCUT2D eigenvalue weighted by Gasteiger charge is -2.38. The van der Waals surface area contributed by atoms with Gasteiger partial charge in [-0.1, -0.05) is 32.6 Å². The van der Waals surface area contributed by atoms with E-state index in [1.54, 1.807) is 20.2 Å². The molecule has 0 aromatic carbocycles. The molecule has 2 rings (SSSR count). The first kappa shape index (κ1) is 26.9. The van der Waals surface area contributed by atoms with Crippen LogP contribution in [0.4, 0.5) is 5.69 Å². The molecule has 1 aromatic heterocycles. The Kier molecular flexibility index (Phi) is 8.75. The molecule has 1 atom stereocenters. The Balaban J connectivity index is 2.66. The van der Waals surface area contributed by atoms with Crippen molar-refractivity contribution in [3.63, 3.8) is 0 Å². The van der Waals surface area contributed by atoms with Crippen LogP contribution in [-0.4, -0.2) is 47.9 Å². The summed E-state index contributed by atoms with van der Waals surface area (Å²) < 4.78 is 0. The van der Waals surface area contributed by atoms with Crippen LogP contribution in [0.15, 0.2) is 6.07 Å². The Morgan fingerprint density at radius 1 is 1.12 bits per heavy atom. The van der Waals surface area contributed by atoms with Crippen molar-refractivity contribution in [2.24, 2.45) is 23.2 Å². The minimum Gasteiger partial charge on any atom is -0.477 e. The molecule has 0 aliphatic heterocycles. The molecule has 1 aliphatic rings. The molecule has 0 spiro atoms. The van der Waals surface area contributed by atoms with E-state index in [4.69, 9.17) is 0 Å². The monoisotopic (exact) mass is 474 g/mol. The van der Waals surface area contributed by atoms with Crippen LogP contribution < -0.4 is 4.90 Å². The van der Waals surface area contributed by atoms with Crippen molar-refractivity contribution >= 4 is 34.8 Å². The highest BCUT2D eigenvalue weighted by molar-refractivity contribution is 7.15. The fraction of sp³-hybridized carbons (Fsp3) is 0.654. The smallest absolute Gasteiger partial charge is 0.348 e. The Morgan fingerprint density at radius 3 is 2.15 bits per heavy atom. The number of amides is 2. The van der Waals surface area contributed by atoms with Gasteiger partial charge in [0.25, 0.3) is 0 Å². The van der Waals surface area contributed by atoms with Gasteiger partial charge in [0.2, 0.25) is 11.8 Å². The number of carboxylic acids is 1. The molecular weight excluding hydrogens is 436 g/mol. The van der Waals surface area contributed by atoms with Gasteiger partial charge in [-0.05, 0) is 64.4 Å². The van der Waals surface area contributed by atoms with Crippen molar-refractivity contribution in [2.45, 2.75) is 73.3 Å². The van der Waals surface area contributed by atoms with Crippen LogP contribution in [0, 0.1) is 35.0 Å². The number of carbonyl (C=O) groups excluding carboxylic acids is 2. The number of hydrogen-bond donors (Lipinski definition) is 1. The van der Waals surface area contributed by atoms with Crippen molar-refractivity contribution in [1.29, 1.82) is 0 Å². The largest absolute Gasteiger partial charge is 0.477 e. The van der Waals surface area contributed by atoms with E-state index in [-0.39, 0.29) is 39.6 Å². The number of carboxylic acid groups (broad SMARTS) is 1. The third-order valence-electron chi connectivity index (χ3n) is 5.93. The van der Waals surface area contributed by atoms with Gasteiger partial charge in [-0.2, -0.15) is 0 Å². The van der Waals surface area contributed by atoms with E-state index in [9.17, 15) is 19.5 Å². The Labute approximate surface area is 202 Å². The van der Waals surface area contributed by atoms with E-state index < -0.39 is 12.0 Å². The minimum atomic E-state index is -1.12. The third kappa shape index (κ3) is 6.83. The molecule has 0 saturated heterocycles. The minimum absolute atomic E-state index is 0.0444. The zero-order chi connectivity index (χ0) is 25.1. The molecule has 0 bridgehead atoms. The molecule has 182 valence electrons. The molecule has 1 saturated carbocycles. The van der Waals surface area contributed by atoms with E-state index in [0.29, 0.717) is 10.8 Å². The number of thiophene rings is 1. The predicted molar refractivity (Wildman–Crippen MR) is 134 cm³/mol. The second kappa shape index (κ2) is 10.7. The van der Waals surface area contributed by atoms with Crippen molar-refractivity contribution in [3.05, 3.63) is 15.8 Å². The van der Waals surface area contributed by atoms with Crippen LogP contribution in [0.1, 0.15) is 81.8 Å². The number of aromatic carboxylic acids is 1. The first-order valence-electron chi connectivity index (χ1n) is 11.7. The lowest BCUT2D eigenvalue weighted by atomic mass is 9.81. The topological polar surface area (TPSA) is 77.9 Å². The fourth-order valence-electron chi connectivity index (χ4n) is 4.09. The quantitative estimate of drug-likeness (QED) is 0.581. The van der Waals surface area contributed by atoms with Gasteiger partial charge in [-0.15, -0.1) is 11.3 Å². The SMILES string of the molecule is CC(C)[C@@H](C(=O)N(C)C)N(c1cc(C#CC(C)(C)C)sc1C(=O)O)C(=O)[C@H]1CC[C@H](C)CC1. The van der Waals surface area contributed by atoms with Gasteiger partial charge in [0, 0.05) is 25.4 Å². The summed E-state index contributed by atoms with van der Waals surface area (Å²) in [5.41, 5.74) is 0.0339. The molecule has 6 nitrogen and oxygen atoms in total. The second-order valence-electron chi connectivity index (χ2n) is 10.7. The summed E-state index contributed by atoms with van der Waals surface area (Å²) in [6.07, 6.45) is 3.41. The van der Waals surface area contributed by atoms with Crippen molar-refractivity contribution in [1.82, 2.24) is 4.90 Å². The van der Waals surface area contributed by atoms with E-state index in [1.165, 1.54) is 9.80 Å². The average molecular weight is 475 g/mol. The highest BCUT2D eigenvalue weighted by atomic mass is 32.1. The summed E-state index contributed by atoms with van der Waals surface area (Å²) in [5, 5.41) is 9.98. The highest BCUT2D eigenvalue weighted by Crippen LogP contribution is 2.37. The summed E-state index contributed by atoms with van der Waals surface area (Å²) in [6.45, 7) is 11.9. The lowest BCUT2D eigenvalue weighted by Crippen LogP contribution is -2.54. The second-order valence-corrected chi connectivity index (χ2v) is 11.8. The van der Waals surface area contributed by atoms with Crippen molar-refractivity contribution in [2.75, 3.05) is 19.0 Å². The van der Waals surface area contributed by atoms with E-state index in [0.717, 1.165) is 37.0 Å². The van der Waals surface area contributed by atoms with E-state index in [1.807, 2.05) is 34.6 Å². The maximum Gasteiger partial charge on any atom is 0.348 e. The van der Waals surface area contributed by atoms with Gasteiger partial charge in [-0.3, -0.25) is 14.5 Å². The molecule has 0 radical (unpaired) electrons. The average Bonchev–Trinajstić information content (AvgIpc) is 3.13. The molecular formula is C26H38N2O4S. The fourth-order valence-corrected chi connectivity index (χ4v) is 4.93. The standard InChI is InChI=1S/C26H38N2O4S/c1-16(2)21(24(30)27(7)8)28(23(29)18-11-9-17(3)10-12-18)20-15-19(13-14-26(4,5)6)33-22(20)25(31)32/h15-18,21H,9-12H2,1-8H3,(H,31,32)/t17-,18-,21-/m0/s1. The third-order valence-corrected chi connectivity index (χ3v) is 6.96. The summed E-state index contributed by atoms with van der Waals surface area (Å²) in [7, 11) is 3.32. The van der Waals surface area contributed by atoms with Crippen LogP contribution >= 0.6 is 11.3 Å². The van der Waals surface area contributed by atoms with Crippen molar-refractivity contribution < 1.29 is 19.5 Å². The summed E-state index contributed by atoms with van der Waals surface area (Å²) >= 11 is 1.06. The zero-order valence-corrected chi connectivity index (χ0v) is 22.0. The molecule has 1 fully saturated rings. The van der Waals surface area contributed by atoms with Gasteiger partial charge in [0.1, 0.15) is 10.9 Å². The normalized spacial score (nSPS) is 19.4. The highest BCUT2D eigenvalue weighted by Gasteiger charge is 2.40. The maximum absolute atomic E-state index is 13.9. The number of likely N-dealkylation sites (N-methyl/N-ethyl adjacent to an activating group) is 1. The number of hydrogen-bond acceptors (Lipinski definition) is 4. The van der Waals surface area contributed by atoms with Crippen LogP contribution in [0.3, 0.4) is 0 Å². The predicted octanol–water partition coefficient (Wildman–Crippen LogP) is 5.12. The van der Waals surface area contributed by atoms with Gasteiger partial charge < -0.3 is 10.0 Å². The van der Waals surface area contributed by atoms with E-state index in [2.05, 4.69) is 18.8 Å². The number of anilines is 1. The summed E-state index contributed by atoms with van der Waals surface area (Å²) in [4.78, 5) is 42.9. The van der Waals surface area contributed by atoms with Crippen LogP contribution in [0.5, 0.6) is 0 Å². The van der Waals surface area contributed by atoms with Crippen LogP contribution in [-0.2, 0) is 9.59 Å². The summed E-state index contributed by atoms with van der Waals surface area (Å²) in [5.74, 6) is 4.87. The maximum atomic E-state index is 13.9. The lowest BCUT2D eigenvalue weighted by molar-refractivity contribution is -0.134. The number of carbonyl (C=O) groups is 3. The van der Waals surface area contributed by atoms with Gasteiger partial charge in [0.05, 0.1) is 10.6 Å². The Morgan fingerprint density at radius 2 is 1.70 bits per heavy atom. The molecule has 33 heavy (non-hydrogen) atoms. The molecule has 1 N–H and O–H groups in total. The first-order chi connectivity index (χ1) is 15.2. The Bertz CT molecular complexity index is 938. The molecule has 1 aliphatic carbocycles. The molecule has 7 heteroatoms. The molecule has 1 aromatic rings. The van der Waals surface area contributed by atoms with E-state index >= 15 is 0 Å². The number of nitrogens with zero attached hydrogens (tertiary/aromatic N) is 2. The summed E-state index contributed by atoms with van der Waals surface area (Å²) in [6, 6.07) is 0.886.